The molecular weight excluding hydrogens is 242 g/mol. The van der Waals surface area contributed by atoms with Gasteiger partial charge in [0.15, 0.2) is 5.76 Å². The van der Waals surface area contributed by atoms with Crippen LogP contribution in [0.2, 0.25) is 0 Å². The average Bonchev–Trinajstić information content (AvgIpc) is 3.07. The summed E-state index contributed by atoms with van der Waals surface area (Å²) in [6.45, 7) is 1.86. The van der Waals surface area contributed by atoms with Crippen LogP contribution in [0.3, 0.4) is 0 Å². The van der Waals surface area contributed by atoms with Gasteiger partial charge in [-0.25, -0.2) is 0 Å². The number of furan rings is 1. The fourth-order valence-electron chi connectivity index (χ4n) is 1.81. The number of rotatable bonds is 3. The SMILES string of the molecule is Cc1ccc(-c2nnc(C(N)c3ccccc3)o2)o1. The largest absolute Gasteiger partial charge is 0.456 e. The lowest BCUT2D eigenvalue weighted by atomic mass is 10.1. The molecule has 3 rings (SSSR count). The number of aromatic nitrogens is 2. The molecule has 0 aliphatic heterocycles. The maximum absolute atomic E-state index is 6.09. The first kappa shape index (κ1) is 11.7. The van der Waals surface area contributed by atoms with Crippen LogP contribution in [0, 0.1) is 6.92 Å². The van der Waals surface area contributed by atoms with Crippen molar-refractivity contribution in [1.29, 1.82) is 0 Å². The summed E-state index contributed by atoms with van der Waals surface area (Å²) in [5.74, 6) is 2.06. The summed E-state index contributed by atoms with van der Waals surface area (Å²) < 4.78 is 11.0. The van der Waals surface area contributed by atoms with Crippen LogP contribution >= 0.6 is 0 Å². The summed E-state index contributed by atoms with van der Waals surface area (Å²) in [7, 11) is 0. The summed E-state index contributed by atoms with van der Waals surface area (Å²) in [6.07, 6.45) is 0. The Morgan fingerprint density at radius 2 is 1.79 bits per heavy atom. The summed E-state index contributed by atoms with van der Waals surface area (Å²) >= 11 is 0. The van der Waals surface area contributed by atoms with Gasteiger partial charge in [0.1, 0.15) is 11.8 Å². The molecule has 0 aliphatic rings. The molecule has 2 N–H and O–H groups in total. The van der Waals surface area contributed by atoms with Gasteiger partial charge in [0, 0.05) is 0 Å². The average molecular weight is 255 g/mol. The lowest BCUT2D eigenvalue weighted by Crippen LogP contribution is -2.11. The van der Waals surface area contributed by atoms with Gasteiger partial charge < -0.3 is 14.6 Å². The van der Waals surface area contributed by atoms with Crippen LogP contribution in [0.4, 0.5) is 0 Å². The minimum absolute atomic E-state index is 0.342. The van der Waals surface area contributed by atoms with E-state index in [9.17, 15) is 0 Å². The Morgan fingerprint density at radius 3 is 2.47 bits per heavy atom. The molecule has 0 saturated heterocycles. The van der Waals surface area contributed by atoms with Crippen LogP contribution in [-0.2, 0) is 0 Å². The van der Waals surface area contributed by atoms with Gasteiger partial charge in [0.05, 0.1) is 0 Å². The predicted octanol–water partition coefficient (Wildman–Crippen LogP) is 2.69. The first-order chi connectivity index (χ1) is 9.24. The van der Waals surface area contributed by atoms with Crippen molar-refractivity contribution in [1.82, 2.24) is 10.2 Å². The number of hydrogen-bond donors (Lipinski definition) is 1. The molecular formula is C14H13N3O2. The molecule has 19 heavy (non-hydrogen) atoms. The fraction of sp³-hybridized carbons (Fsp3) is 0.143. The lowest BCUT2D eigenvalue weighted by molar-refractivity contribution is 0.459. The molecule has 0 fully saturated rings. The van der Waals surface area contributed by atoms with Crippen molar-refractivity contribution >= 4 is 0 Å². The summed E-state index contributed by atoms with van der Waals surface area (Å²) in [6, 6.07) is 12.8. The zero-order chi connectivity index (χ0) is 13.2. The molecule has 1 atom stereocenters. The van der Waals surface area contributed by atoms with Crippen molar-refractivity contribution in [2.75, 3.05) is 0 Å². The highest BCUT2D eigenvalue weighted by molar-refractivity contribution is 5.43. The molecule has 5 nitrogen and oxygen atoms in total. The molecule has 0 saturated carbocycles. The molecule has 0 radical (unpaired) electrons. The maximum Gasteiger partial charge on any atom is 0.283 e. The summed E-state index contributed by atoms with van der Waals surface area (Å²) in [4.78, 5) is 0. The maximum atomic E-state index is 6.09. The molecule has 2 aromatic heterocycles. The van der Waals surface area contributed by atoms with Crippen LogP contribution in [0.15, 0.2) is 51.3 Å². The van der Waals surface area contributed by atoms with E-state index in [-0.39, 0.29) is 0 Å². The Labute approximate surface area is 110 Å². The molecule has 3 aromatic rings. The van der Waals surface area contributed by atoms with Gasteiger partial charge in [-0.2, -0.15) is 0 Å². The molecule has 2 heterocycles. The Morgan fingerprint density at radius 1 is 1.00 bits per heavy atom. The minimum Gasteiger partial charge on any atom is -0.456 e. The molecule has 0 bridgehead atoms. The number of benzene rings is 1. The number of nitrogens with two attached hydrogens (primary N) is 1. The van der Waals surface area contributed by atoms with Gasteiger partial charge in [-0.3, -0.25) is 0 Å². The van der Waals surface area contributed by atoms with Gasteiger partial charge in [-0.1, -0.05) is 30.3 Å². The first-order valence-corrected chi connectivity index (χ1v) is 5.95. The van der Waals surface area contributed by atoms with Crippen molar-refractivity contribution in [2.24, 2.45) is 5.73 Å². The number of nitrogens with zero attached hydrogens (tertiary/aromatic N) is 2. The van der Waals surface area contributed by atoms with Crippen molar-refractivity contribution in [3.05, 3.63) is 59.7 Å². The van der Waals surface area contributed by atoms with E-state index in [1.165, 1.54) is 0 Å². The second kappa shape index (κ2) is 4.70. The number of aryl methyl sites for hydroxylation is 1. The van der Waals surface area contributed by atoms with Gasteiger partial charge in [-0.15, -0.1) is 10.2 Å². The topological polar surface area (TPSA) is 78.1 Å². The van der Waals surface area contributed by atoms with Crippen LogP contribution in [0.5, 0.6) is 0 Å². The van der Waals surface area contributed by atoms with E-state index in [1.807, 2.05) is 43.3 Å². The Balaban J connectivity index is 1.89. The van der Waals surface area contributed by atoms with Gasteiger partial charge in [0.25, 0.3) is 5.89 Å². The molecule has 0 amide bonds. The zero-order valence-electron chi connectivity index (χ0n) is 10.4. The van der Waals surface area contributed by atoms with Crippen LogP contribution < -0.4 is 5.73 Å². The smallest absolute Gasteiger partial charge is 0.283 e. The summed E-state index contributed by atoms with van der Waals surface area (Å²) in [5, 5.41) is 7.93. The third-order valence-electron chi connectivity index (χ3n) is 2.82. The molecule has 0 spiro atoms. The summed E-state index contributed by atoms with van der Waals surface area (Å²) in [5.41, 5.74) is 7.01. The van der Waals surface area contributed by atoms with E-state index in [1.54, 1.807) is 6.07 Å². The number of hydrogen-bond acceptors (Lipinski definition) is 5. The van der Waals surface area contributed by atoms with E-state index in [2.05, 4.69) is 10.2 Å². The van der Waals surface area contributed by atoms with Crippen LogP contribution in [0.25, 0.3) is 11.7 Å². The molecule has 5 heteroatoms. The highest BCUT2D eigenvalue weighted by Crippen LogP contribution is 2.24. The van der Waals surface area contributed by atoms with Crippen molar-refractivity contribution in [3.8, 4) is 11.7 Å². The quantitative estimate of drug-likeness (QED) is 0.778. The molecule has 96 valence electrons. The van der Waals surface area contributed by atoms with Crippen LogP contribution in [0.1, 0.15) is 23.3 Å². The van der Waals surface area contributed by atoms with Crippen LogP contribution in [-0.4, -0.2) is 10.2 Å². The van der Waals surface area contributed by atoms with Gasteiger partial charge in [0.2, 0.25) is 5.89 Å². The lowest BCUT2D eigenvalue weighted by Gasteiger charge is -2.05. The van der Waals surface area contributed by atoms with E-state index in [0.29, 0.717) is 17.5 Å². The Kier molecular flexibility index (Phi) is 2.89. The standard InChI is InChI=1S/C14H13N3O2/c1-9-7-8-11(18-9)13-16-17-14(19-13)12(15)10-5-3-2-4-6-10/h2-8,12H,15H2,1H3. The van der Waals surface area contributed by atoms with E-state index in [0.717, 1.165) is 11.3 Å². The van der Waals surface area contributed by atoms with Crippen molar-refractivity contribution in [3.63, 3.8) is 0 Å². The second-order valence-corrected chi connectivity index (χ2v) is 4.24. The first-order valence-electron chi connectivity index (χ1n) is 5.95. The van der Waals surface area contributed by atoms with Gasteiger partial charge in [-0.05, 0) is 24.6 Å². The van der Waals surface area contributed by atoms with Gasteiger partial charge >= 0.3 is 0 Å². The molecule has 1 aromatic carbocycles. The van der Waals surface area contributed by atoms with Crippen molar-refractivity contribution in [2.45, 2.75) is 13.0 Å². The van der Waals surface area contributed by atoms with Crippen molar-refractivity contribution < 1.29 is 8.83 Å². The third kappa shape index (κ3) is 2.28. The Hall–Kier alpha value is -2.40. The van der Waals surface area contributed by atoms with E-state index >= 15 is 0 Å². The highest BCUT2D eigenvalue weighted by Gasteiger charge is 2.18. The molecule has 0 aliphatic carbocycles. The Bertz CT molecular complexity index is 673. The highest BCUT2D eigenvalue weighted by atomic mass is 16.4. The third-order valence-corrected chi connectivity index (χ3v) is 2.82. The predicted molar refractivity (Wildman–Crippen MR) is 69.2 cm³/mol. The van der Waals surface area contributed by atoms with E-state index in [4.69, 9.17) is 14.6 Å². The zero-order valence-corrected chi connectivity index (χ0v) is 10.4. The second-order valence-electron chi connectivity index (χ2n) is 4.24. The molecule has 1 unspecified atom stereocenters. The monoisotopic (exact) mass is 255 g/mol. The normalized spacial score (nSPS) is 12.5. The van der Waals surface area contributed by atoms with E-state index < -0.39 is 6.04 Å². The fourth-order valence-corrected chi connectivity index (χ4v) is 1.81. The minimum atomic E-state index is -0.432.